The minimum absolute atomic E-state index is 0.0379. The molecule has 0 bridgehead atoms. The van der Waals surface area contributed by atoms with E-state index < -0.39 is 5.97 Å². The van der Waals surface area contributed by atoms with Gasteiger partial charge in [0, 0.05) is 31.2 Å². The van der Waals surface area contributed by atoms with Crippen molar-refractivity contribution in [3.05, 3.63) is 24.0 Å². The van der Waals surface area contributed by atoms with Crippen molar-refractivity contribution in [1.29, 1.82) is 0 Å². The Labute approximate surface area is 120 Å². The van der Waals surface area contributed by atoms with Crippen molar-refractivity contribution in [2.75, 3.05) is 6.54 Å². The molecule has 5 nitrogen and oxygen atoms in total. The summed E-state index contributed by atoms with van der Waals surface area (Å²) < 4.78 is 1.94. The maximum Gasteiger partial charge on any atom is 0.303 e. The average Bonchev–Trinajstić information content (AvgIpc) is 2.82. The Morgan fingerprint density at radius 2 is 1.95 bits per heavy atom. The van der Waals surface area contributed by atoms with Gasteiger partial charge < -0.3 is 14.6 Å². The predicted molar refractivity (Wildman–Crippen MR) is 77.9 cm³/mol. The van der Waals surface area contributed by atoms with E-state index >= 15 is 0 Å². The first-order valence-corrected chi connectivity index (χ1v) is 7.04. The van der Waals surface area contributed by atoms with Gasteiger partial charge in [0.15, 0.2) is 0 Å². The number of carboxylic acids is 1. The zero-order valence-corrected chi connectivity index (χ0v) is 12.7. The van der Waals surface area contributed by atoms with Crippen LogP contribution in [0.2, 0.25) is 0 Å². The van der Waals surface area contributed by atoms with Crippen molar-refractivity contribution >= 4 is 11.9 Å². The summed E-state index contributed by atoms with van der Waals surface area (Å²) in [5, 5.41) is 8.70. The van der Waals surface area contributed by atoms with Gasteiger partial charge in [0.25, 0.3) is 5.91 Å². The van der Waals surface area contributed by atoms with Crippen molar-refractivity contribution < 1.29 is 14.7 Å². The number of carbonyl (C=O) groups is 2. The summed E-state index contributed by atoms with van der Waals surface area (Å²) in [5.41, 5.74) is 0.657. The SMILES string of the molecule is CC(C)N(CCCC(=O)O)C(=O)c1cccn1C(C)C. The molecular formula is C15H24N2O3. The molecule has 0 aliphatic heterocycles. The molecule has 1 N–H and O–H groups in total. The third-order valence-electron chi connectivity index (χ3n) is 3.23. The fraction of sp³-hybridized carbons (Fsp3) is 0.600. The maximum atomic E-state index is 12.6. The molecule has 1 heterocycles. The van der Waals surface area contributed by atoms with Gasteiger partial charge in [-0.15, -0.1) is 0 Å². The molecule has 0 aromatic carbocycles. The largest absolute Gasteiger partial charge is 0.481 e. The minimum Gasteiger partial charge on any atom is -0.481 e. The van der Waals surface area contributed by atoms with E-state index in [0.29, 0.717) is 18.7 Å². The number of aliphatic carboxylic acids is 1. The first-order valence-electron chi connectivity index (χ1n) is 7.04. The molecule has 0 spiro atoms. The van der Waals surface area contributed by atoms with Crippen LogP contribution in [-0.2, 0) is 4.79 Å². The fourth-order valence-electron chi connectivity index (χ4n) is 2.17. The molecule has 0 saturated heterocycles. The maximum absolute atomic E-state index is 12.6. The van der Waals surface area contributed by atoms with Crippen LogP contribution in [0.3, 0.4) is 0 Å². The molecule has 1 amide bonds. The number of hydrogen-bond acceptors (Lipinski definition) is 2. The van der Waals surface area contributed by atoms with E-state index in [2.05, 4.69) is 0 Å². The number of nitrogens with zero attached hydrogens (tertiary/aromatic N) is 2. The fourth-order valence-corrected chi connectivity index (χ4v) is 2.17. The van der Waals surface area contributed by atoms with Crippen LogP contribution < -0.4 is 0 Å². The van der Waals surface area contributed by atoms with E-state index in [9.17, 15) is 9.59 Å². The number of hydrogen-bond donors (Lipinski definition) is 1. The quantitative estimate of drug-likeness (QED) is 0.835. The third-order valence-corrected chi connectivity index (χ3v) is 3.23. The van der Waals surface area contributed by atoms with Crippen LogP contribution in [0.4, 0.5) is 0 Å². The molecule has 20 heavy (non-hydrogen) atoms. The van der Waals surface area contributed by atoms with E-state index in [4.69, 9.17) is 5.11 Å². The lowest BCUT2D eigenvalue weighted by atomic mass is 10.2. The van der Waals surface area contributed by atoms with Crippen molar-refractivity contribution in [3.63, 3.8) is 0 Å². The van der Waals surface area contributed by atoms with Gasteiger partial charge in [-0.05, 0) is 46.2 Å². The molecule has 0 radical (unpaired) electrons. The zero-order chi connectivity index (χ0) is 15.3. The summed E-state index contributed by atoms with van der Waals surface area (Å²) in [5.74, 6) is -0.865. The Morgan fingerprint density at radius 1 is 1.30 bits per heavy atom. The van der Waals surface area contributed by atoms with Crippen molar-refractivity contribution in [2.45, 2.75) is 52.6 Å². The van der Waals surface area contributed by atoms with Crippen LogP contribution in [0, 0.1) is 0 Å². The molecule has 0 fully saturated rings. The van der Waals surface area contributed by atoms with Gasteiger partial charge in [-0.3, -0.25) is 9.59 Å². The second-order valence-corrected chi connectivity index (χ2v) is 5.48. The minimum atomic E-state index is -0.827. The highest BCUT2D eigenvalue weighted by molar-refractivity contribution is 5.93. The molecule has 1 rings (SSSR count). The van der Waals surface area contributed by atoms with Gasteiger partial charge in [0.05, 0.1) is 0 Å². The Kier molecular flexibility index (Phi) is 5.80. The molecule has 0 aliphatic carbocycles. The number of amides is 1. The van der Waals surface area contributed by atoms with Crippen molar-refractivity contribution in [2.24, 2.45) is 0 Å². The van der Waals surface area contributed by atoms with Crippen LogP contribution >= 0.6 is 0 Å². The Bertz CT molecular complexity index is 463. The zero-order valence-electron chi connectivity index (χ0n) is 12.7. The Morgan fingerprint density at radius 3 is 2.45 bits per heavy atom. The molecule has 1 aromatic rings. The number of carbonyl (C=O) groups excluding carboxylic acids is 1. The topological polar surface area (TPSA) is 62.5 Å². The Balaban J connectivity index is 2.83. The van der Waals surface area contributed by atoms with Crippen LogP contribution in [0.5, 0.6) is 0 Å². The summed E-state index contributed by atoms with van der Waals surface area (Å²) in [6.07, 6.45) is 2.46. The normalized spacial score (nSPS) is 11.1. The monoisotopic (exact) mass is 280 g/mol. The Hall–Kier alpha value is -1.78. The van der Waals surface area contributed by atoms with E-state index in [1.807, 2.05) is 50.6 Å². The number of rotatable bonds is 7. The first-order chi connectivity index (χ1) is 9.34. The summed E-state index contributed by atoms with van der Waals surface area (Å²) in [6.45, 7) is 8.41. The number of aromatic nitrogens is 1. The van der Waals surface area contributed by atoms with Crippen LogP contribution in [0.1, 0.15) is 57.1 Å². The van der Waals surface area contributed by atoms with Crippen LogP contribution in [0.25, 0.3) is 0 Å². The summed E-state index contributed by atoms with van der Waals surface area (Å²) in [7, 11) is 0. The third kappa shape index (κ3) is 4.11. The molecular weight excluding hydrogens is 256 g/mol. The van der Waals surface area contributed by atoms with E-state index in [0.717, 1.165) is 0 Å². The average molecular weight is 280 g/mol. The van der Waals surface area contributed by atoms with Gasteiger partial charge in [-0.25, -0.2) is 0 Å². The smallest absolute Gasteiger partial charge is 0.303 e. The lowest BCUT2D eigenvalue weighted by Gasteiger charge is -2.27. The van der Waals surface area contributed by atoms with Crippen molar-refractivity contribution in [3.8, 4) is 0 Å². The molecule has 5 heteroatoms. The van der Waals surface area contributed by atoms with E-state index in [-0.39, 0.29) is 24.4 Å². The van der Waals surface area contributed by atoms with Crippen LogP contribution in [0.15, 0.2) is 18.3 Å². The van der Waals surface area contributed by atoms with Crippen LogP contribution in [-0.4, -0.2) is 39.0 Å². The lowest BCUT2D eigenvalue weighted by molar-refractivity contribution is -0.137. The van der Waals surface area contributed by atoms with Gasteiger partial charge in [-0.2, -0.15) is 0 Å². The predicted octanol–water partition coefficient (Wildman–Crippen LogP) is 2.78. The highest BCUT2D eigenvalue weighted by Crippen LogP contribution is 2.15. The van der Waals surface area contributed by atoms with E-state index in [1.54, 1.807) is 4.90 Å². The van der Waals surface area contributed by atoms with Gasteiger partial charge >= 0.3 is 5.97 Å². The highest BCUT2D eigenvalue weighted by atomic mass is 16.4. The summed E-state index contributed by atoms with van der Waals surface area (Å²) in [4.78, 5) is 24.9. The molecule has 0 saturated carbocycles. The second-order valence-electron chi connectivity index (χ2n) is 5.48. The number of carboxylic acid groups (broad SMARTS) is 1. The standard InChI is InChI=1S/C15H24N2O3/c1-11(2)16-9-5-7-13(16)15(20)17(12(3)4)10-6-8-14(18)19/h5,7,9,11-12H,6,8,10H2,1-4H3,(H,18,19). The summed E-state index contributed by atoms with van der Waals surface area (Å²) in [6, 6.07) is 3.95. The van der Waals surface area contributed by atoms with Gasteiger partial charge in [-0.1, -0.05) is 0 Å². The van der Waals surface area contributed by atoms with Gasteiger partial charge in [0.1, 0.15) is 5.69 Å². The molecule has 1 aromatic heterocycles. The molecule has 112 valence electrons. The first kappa shape index (κ1) is 16.3. The van der Waals surface area contributed by atoms with E-state index in [1.165, 1.54) is 0 Å². The molecule has 0 aliphatic rings. The summed E-state index contributed by atoms with van der Waals surface area (Å²) >= 11 is 0. The second kappa shape index (κ2) is 7.12. The molecule has 0 unspecified atom stereocenters. The van der Waals surface area contributed by atoms with Crippen molar-refractivity contribution in [1.82, 2.24) is 9.47 Å². The molecule has 0 atom stereocenters. The highest BCUT2D eigenvalue weighted by Gasteiger charge is 2.22. The van der Waals surface area contributed by atoms with Gasteiger partial charge in [0.2, 0.25) is 0 Å². The lowest BCUT2D eigenvalue weighted by Crippen LogP contribution is -2.39.